The molecule has 0 saturated carbocycles. The van der Waals surface area contributed by atoms with Gasteiger partial charge in [-0.2, -0.15) is 4.68 Å². The Labute approximate surface area is 171 Å². The molecule has 1 N–H and O–H groups in total. The number of piperidine rings is 1. The Bertz CT molecular complexity index is 1070. The van der Waals surface area contributed by atoms with E-state index < -0.39 is 0 Å². The maximum Gasteiger partial charge on any atom is 0.348 e. The molecule has 6 nitrogen and oxygen atoms in total. The number of nitrogens with zero attached hydrogens (tertiary/aromatic N) is 3. The van der Waals surface area contributed by atoms with Gasteiger partial charge >= 0.3 is 5.69 Å². The molecule has 8 heteroatoms. The molecular weight excluding hydrogens is 395 g/mol. The van der Waals surface area contributed by atoms with Gasteiger partial charge in [0.25, 0.3) is 0 Å². The van der Waals surface area contributed by atoms with E-state index in [0.29, 0.717) is 36.0 Å². The number of hydrogen-bond donors (Lipinski definition) is 1. The minimum absolute atomic E-state index is 0.0658. The fraction of sp³-hybridized carbons (Fsp3) is 0.286. The molecule has 29 heavy (non-hydrogen) atoms. The lowest BCUT2D eigenvalue weighted by atomic mass is 9.95. The molecule has 1 aromatic heterocycles. The van der Waals surface area contributed by atoms with Crippen LogP contribution in [0.2, 0.25) is 5.02 Å². The van der Waals surface area contributed by atoms with Crippen molar-refractivity contribution in [2.24, 2.45) is 0 Å². The normalized spacial score (nSPS) is 14.9. The standard InChI is InChI=1S/C21H20ClFN4O2/c22-16-3-1-2-14(12-16)13-19(28)26-10-8-15(9-11-26)20-24-21(29)27(25-20)18-6-4-17(23)5-7-18/h1-7,12,15H,8-11,13H2,(H,24,25,29). The monoisotopic (exact) mass is 414 g/mol. The van der Waals surface area contributed by atoms with E-state index in [4.69, 9.17) is 11.6 Å². The van der Waals surface area contributed by atoms with Gasteiger partial charge in [-0.25, -0.2) is 9.18 Å². The number of nitrogens with one attached hydrogen (secondary N) is 1. The summed E-state index contributed by atoms with van der Waals surface area (Å²) in [6.07, 6.45) is 1.76. The predicted octanol–water partition coefficient (Wildman–Crippen LogP) is 3.30. The van der Waals surface area contributed by atoms with Crippen LogP contribution in [0.15, 0.2) is 53.3 Å². The third-order valence-corrected chi connectivity index (χ3v) is 5.42. The second-order valence-electron chi connectivity index (χ2n) is 7.17. The minimum atomic E-state index is -0.368. The van der Waals surface area contributed by atoms with Crippen molar-refractivity contribution in [3.63, 3.8) is 0 Å². The van der Waals surface area contributed by atoms with Crippen LogP contribution in [0.5, 0.6) is 0 Å². The first kappa shape index (κ1) is 19.4. The summed E-state index contributed by atoms with van der Waals surface area (Å²) in [6, 6.07) is 12.9. The molecule has 1 saturated heterocycles. The summed E-state index contributed by atoms with van der Waals surface area (Å²) in [5.41, 5.74) is 1.05. The second kappa shape index (κ2) is 8.21. The number of likely N-dealkylation sites (tertiary alicyclic amines) is 1. The Hall–Kier alpha value is -2.93. The summed E-state index contributed by atoms with van der Waals surface area (Å²) in [6.45, 7) is 1.21. The van der Waals surface area contributed by atoms with Crippen molar-refractivity contribution < 1.29 is 9.18 Å². The van der Waals surface area contributed by atoms with Gasteiger partial charge in [-0.05, 0) is 54.8 Å². The number of aromatic amines is 1. The SMILES string of the molecule is O=C(Cc1cccc(Cl)c1)N1CCC(c2nn(-c3ccc(F)cc3)c(=O)[nH]2)CC1. The van der Waals surface area contributed by atoms with Crippen LogP contribution < -0.4 is 5.69 Å². The summed E-state index contributed by atoms with van der Waals surface area (Å²) < 4.78 is 14.3. The van der Waals surface area contributed by atoms with Crippen LogP contribution in [0.3, 0.4) is 0 Å². The Balaban J connectivity index is 1.39. The van der Waals surface area contributed by atoms with Crippen LogP contribution in [0.4, 0.5) is 4.39 Å². The summed E-state index contributed by atoms with van der Waals surface area (Å²) in [7, 11) is 0. The highest BCUT2D eigenvalue weighted by atomic mass is 35.5. The number of benzene rings is 2. The molecule has 4 rings (SSSR count). The van der Waals surface area contributed by atoms with Crippen LogP contribution in [0.1, 0.15) is 30.1 Å². The topological polar surface area (TPSA) is 71.0 Å². The van der Waals surface area contributed by atoms with Crippen molar-refractivity contribution in [3.8, 4) is 5.69 Å². The van der Waals surface area contributed by atoms with Gasteiger partial charge in [-0.3, -0.25) is 9.78 Å². The molecule has 0 bridgehead atoms. The smallest absolute Gasteiger partial charge is 0.342 e. The number of H-pyrrole nitrogens is 1. The van der Waals surface area contributed by atoms with Crippen LogP contribution in [0.25, 0.3) is 5.69 Å². The van der Waals surface area contributed by atoms with E-state index in [2.05, 4.69) is 10.1 Å². The molecule has 0 atom stereocenters. The van der Waals surface area contributed by atoms with E-state index in [-0.39, 0.29) is 23.3 Å². The van der Waals surface area contributed by atoms with Crippen molar-refractivity contribution in [3.05, 3.63) is 81.2 Å². The molecule has 1 aliphatic heterocycles. The van der Waals surface area contributed by atoms with E-state index in [1.165, 1.54) is 28.9 Å². The molecule has 0 radical (unpaired) electrons. The van der Waals surface area contributed by atoms with Gasteiger partial charge in [-0.1, -0.05) is 23.7 Å². The van der Waals surface area contributed by atoms with E-state index in [1.54, 1.807) is 12.1 Å². The highest BCUT2D eigenvalue weighted by Crippen LogP contribution is 2.25. The summed E-state index contributed by atoms with van der Waals surface area (Å²) in [5.74, 6) is 0.365. The Morgan fingerprint density at radius 2 is 1.90 bits per heavy atom. The lowest BCUT2D eigenvalue weighted by molar-refractivity contribution is -0.131. The average Bonchev–Trinajstić information content (AvgIpc) is 3.10. The number of amides is 1. The van der Waals surface area contributed by atoms with Crippen molar-refractivity contribution in [1.29, 1.82) is 0 Å². The van der Waals surface area contributed by atoms with Crippen molar-refractivity contribution >= 4 is 17.5 Å². The number of halogens is 2. The van der Waals surface area contributed by atoms with Gasteiger partial charge < -0.3 is 4.90 Å². The van der Waals surface area contributed by atoms with Gasteiger partial charge in [0.2, 0.25) is 5.91 Å². The maximum absolute atomic E-state index is 13.1. The quantitative estimate of drug-likeness (QED) is 0.712. The third kappa shape index (κ3) is 4.40. The second-order valence-corrected chi connectivity index (χ2v) is 7.60. The van der Waals surface area contributed by atoms with Crippen LogP contribution in [0, 0.1) is 5.82 Å². The highest BCUT2D eigenvalue weighted by Gasteiger charge is 2.26. The molecule has 0 unspecified atom stereocenters. The van der Waals surface area contributed by atoms with Gasteiger partial charge in [0, 0.05) is 24.0 Å². The summed E-state index contributed by atoms with van der Waals surface area (Å²) in [4.78, 5) is 29.5. The number of carbonyl (C=O) groups excluding carboxylic acids is 1. The van der Waals surface area contributed by atoms with Crippen molar-refractivity contribution in [1.82, 2.24) is 19.7 Å². The Morgan fingerprint density at radius 1 is 1.17 bits per heavy atom. The lowest BCUT2D eigenvalue weighted by Crippen LogP contribution is -2.39. The largest absolute Gasteiger partial charge is 0.348 e. The molecule has 1 aliphatic rings. The van der Waals surface area contributed by atoms with E-state index in [1.807, 2.05) is 17.0 Å². The van der Waals surface area contributed by atoms with Gasteiger partial charge in [-0.15, -0.1) is 5.10 Å². The Kier molecular flexibility index (Phi) is 5.49. The number of rotatable bonds is 4. The molecular formula is C21H20ClFN4O2. The van der Waals surface area contributed by atoms with E-state index >= 15 is 0 Å². The van der Waals surface area contributed by atoms with Crippen LogP contribution in [-0.4, -0.2) is 38.7 Å². The zero-order chi connectivity index (χ0) is 20.4. The van der Waals surface area contributed by atoms with Gasteiger partial charge in [0.1, 0.15) is 11.6 Å². The van der Waals surface area contributed by atoms with Gasteiger partial charge in [0.05, 0.1) is 12.1 Å². The van der Waals surface area contributed by atoms with Crippen molar-refractivity contribution in [2.75, 3.05) is 13.1 Å². The molecule has 3 aromatic rings. The minimum Gasteiger partial charge on any atom is -0.342 e. The van der Waals surface area contributed by atoms with Crippen LogP contribution in [-0.2, 0) is 11.2 Å². The number of hydrogen-bond acceptors (Lipinski definition) is 3. The average molecular weight is 415 g/mol. The molecule has 2 heterocycles. The molecule has 150 valence electrons. The fourth-order valence-corrected chi connectivity index (χ4v) is 3.83. The van der Waals surface area contributed by atoms with E-state index in [0.717, 1.165) is 18.4 Å². The van der Waals surface area contributed by atoms with Crippen LogP contribution >= 0.6 is 11.6 Å². The molecule has 0 spiro atoms. The Morgan fingerprint density at radius 3 is 2.59 bits per heavy atom. The van der Waals surface area contributed by atoms with E-state index in [9.17, 15) is 14.0 Å². The summed E-state index contributed by atoms with van der Waals surface area (Å²) >= 11 is 5.99. The van der Waals surface area contributed by atoms with Gasteiger partial charge in [0.15, 0.2) is 0 Å². The summed E-state index contributed by atoms with van der Waals surface area (Å²) in [5, 5.41) is 5.01. The first-order chi connectivity index (χ1) is 14.0. The molecule has 2 aromatic carbocycles. The third-order valence-electron chi connectivity index (χ3n) is 5.19. The predicted molar refractivity (Wildman–Crippen MR) is 108 cm³/mol. The molecule has 1 amide bonds. The highest BCUT2D eigenvalue weighted by molar-refractivity contribution is 6.30. The zero-order valence-corrected chi connectivity index (χ0v) is 16.4. The first-order valence-corrected chi connectivity index (χ1v) is 9.85. The molecule has 0 aliphatic carbocycles. The van der Waals surface area contributed by atoms with Crippen molar-refractivity contribution in [2.45, 2.75) is 25.2 Å². The number of carbonyl (C=O) groups is 1. The lowest BCUT2D eigenvalue weighted by Gasteiger charge is -2.31. The first-order valence-electron chi connectivity index (χ1n) is 9.47. The zero-order valence-electron chi connectivity index (χ0n) is 15.6. The fourth-order valence-electron chi connectivity index (χ4n) is 3.62. The maximum atomic E-state index is 13.1. The number of aromatic nitrogens is 3. The molecule has 1 fully saturated rings.